The minimum absolute atomic E-state index is 0.0461. The summed E-state index contributed by atoms with van der Waals surface area (Å²) in [5.41, 5.74) is 8.27. The molecule has 0 fully saturated rings. The molecular weight excluding hydrogens is 464 g/mol. The molecule has 0 saturated carbocycles. The van der Waals surface area contributed by atoms with E-state index in [0.29, 0.717) is 27.0 Å². The minimum atomic E-state index is -0.541. The third-order valence-electron chi connectivity index (χ3n) is 5.20. The molecule has 0 amide bonds. The third kappa shape index (κ3) is 3.43. The van der Waals surface area contributed by atoms with Crippen LogP contribution in [0.2, 0.25) is 5.02 Å². The van der Waals surface area contributed by atoms with Gasteiger partial charge in [-0.1, -0.05) is 35.9 Å². The fraction of sp³-hybridized carbons (Fsp3) is 0.0833. The molecule has 2 aromatic heterocycles. The largest absolute Gasteiger partial charge is 0.440 e. The van der Waals surface area contributed by atoms with Crippen molar-refractivity contribution < 1.29 is 14.3 Å². The number of carbonyl (C=O) groups excluding carboxylic acids is 1. The monoisotopic (exact) mass is 478 g/mol. The Morgan fingerprint density at radius 1 is 1.25 bits per heavy atom. The Morgan fingerprint density at radius 3 is 2.84 bits per heavy atom. The lowest BCUT2D eigenvalue weighted by molar-refractivity contribution is 0.0740. The number of hydrogen-bond donors (Lipinski definition) is 1. The first-order chi connectivity index (χ1) is 15.5. The van der Waals surface area contributed by atoms with E-state index in [1.54, 1.807) is 18.2 Å². The summed E-state index contributed by atoms with van der Waals surface area (Å²) in [6, 6.07) is 17.0. The summed E-state index contributed by atoms with van der Waals surface area (Å²) in [5.74, 6) is -0.0703. The Labute approximate surface area is 196 Å². The molecule has 32 heavy (non-hydrogen) atoms. The molecular formula is C24H15ClN2O3S2. The van der Waals surface area contributed by atoms with E-state index in [-0.39, 0.29) is 11.8 Å². The molecule has 2 N–H and O–H groups in total. The van der Waals surface area contributed by atoms with Crippen LogP contribution in [-0.2, 0) is 0 Å². The van der Waals surface area contributed by atoms with E-state index in [1.165, 1.54) is 22.7 Å². The van der Waals surface area contributed by atoms with E-state index in [0.717, 1.165) is 26.1 Å². The molecule has 4 aromatic rings. The topological polar surface area (TPSA) is 85.3 Å². The van der Waals surface area contributed by atoms with Crippen LogP contribution in [0.3, 0.4) is 0 Å². The van der Waals surface area contributed by atoms with Crippen molar-refractivity contribution in [2.24, 2.45) is 5.73 Å². The van der Waals surface area contributed by atoms with Gasteiger partial charge in [0.1, 0.15) is 28.0 Å². The third-order valence-corrected chi connectivity index (χ3v) is 7.77. The van der Waals surface area contributed by atoms with Crippen molar-refractivity contribution in [3.05, 3.63) is 91.3 Å². The summed E-state index contributed by atoms with van der Waals surface area (Å²) in [7, 11) is 0. The van der Waals surface area contributed by atoms with Crippen LogP contribution >= 0.6 is 34.3 Å². The summed E-state index contributed by atoms with van der Waals surface area (Å²) in [4.78, 5) is 14.2. The number of ether oxygens (including phenoxy) is 2. The second-order valence-electron chi connectivity index (χ2n) is 7.27. The van der Waals surface area contributed by atoms with Crippen molar-refractivity contribution >= 4 is 50.3 Å². The van der Waals surface area contributed by atoms with Crippen LogP contribution in [0.1, 0.15) is 31.6 Å². The predicted octanol–water partition coefficient (Wildman–Crippen LogP) is 6.36. The fourth-order valence-electron chi connectivity index (χ4n) is 3.70. The second kappa shape index (κ2) is 7.99. The van der Waals surface area contributed by atoms with Gasteiger partial charge in [-0.3, -0.25) is 0 Å². The standard InChI is InChI=1S/C24H15ClN2O3S2/c1-12-4-6-15-19(9-12)32-22(21(15)25)24(28)29-13-5-7-14-17(10-13)30-23(27)16(11-26)20(14)18-3-2-8-31-18/h2-10,20H,27H2,1H3. The van der Waals surface area contributed by atoms with Crippen molar-refractivity contribution in [2.45, 2.75) is 12.8 Å². The molecule has 1 aliphatic heterocycles. The van der Waals surface area contributed by atoms with Gasteiger partial charge in [-0.05, 0) is 36.1 Å². The van der Waals surface area contributed by atoms with Crippen molar-refractivity contribution in [1.29, 1.82) is 5.26 Å². The van der Waals surface area contributed by atoms with Crippen LogP contribution in [0.5, 0.6) is 11.5 Å². The first kappa shape index (κ1) is 20.6. The maximum absolute atomic E-state index is 12.9. The average molecular weight is 479 g/mol. The number of hydrogen-bond acceptors (Lipinski definition) is 7. The van der Waals surface area contributed by atoms with Crippen LogP contribution in [0.25, 0.3) is 10.1 Å². The number of nitrogens with two attached hydrogens (primary N) is 1. The van der Waals surface area contributed by atoms with Gasteiger partial charge < -0.3 is 15.2 Å². The van der Waals surface area contributed by atoms with Crippen molar-refractivity contribution in [1.82, 2.24) is 0 Å². The number of esters is 1. The highest BCUT2D eigenvalue weighted by Crippen LogP contribution is 2.45. The Bertz CT molecular complexity index is 1450. The van der Waals surface area contributed by atoms with Gasteiger partial charge in [0.25, 0.3) is 0 Å². The van der Waals surface area contributed by atoms with E-state index >= 15 is 0 Å². The van der Waals surface area contributed by atoms with Gasteiger partial charge in [0, 0.05) is 26.6 Å². The number of aryl methyl sites for hydroxylation is 1. The number of carbonyl (C=O) groups is 1. The number of benzene rings is 2. The molecule has 1 unspecified atom stereocenters. The number of halogens is 1. The molecule has 2 aromatic carbocycles. The number of nitrogens with zero attached hydrogens (tertiary/aromatic N) is 1. The van der Waals surface area contributed by atoms with E-state index in [1.807, 2.05) is 42.6 Å². The van der Waals surface area contributed by atoms with Crippen LogP contribution in [0.4, 0.5) is 0 Å². The summed E-state index contributed by atoms with van der Waals surface area (Å²) in [6.45, 7) is 1.99. The normalized spacial score (nSPS) is 15.2. The molecule has 0 saturated heterocycles. The van der Waals surface area contributed by atoms with Crippen molar-refractivity contribution in [2.75, 3.05) is 0 Å². The lowest BCUT2D eigenvalue weighted by atomic mass is 9.88. The molecule has 158 valence electrons. The summed E-state index contributed by atoms with van der Waals surface area (Å²) < 4.78 is 12.2. The highest BCUT2D eigenvalue weighted by atomic mass is 35.5. The second-order valence-corrected chi connectivity index (χ2v) is 9.68. The lowest BCUT2D eigenvalue weighted by Gasteiger charge is -2.25. The SMILES string of the molecule is Cc1ccc2c(Cl)c(C(=O)Oc3ccc4c(c3)OC(N)=C(C#N)C4c3cccs3)sc2c1. The molecule has 8 heteroatoms. The Morgan fingerprint density at radius 2 is 2.09 bits per heavy atom. The maximum Gasteiger partial charge on any atom is 0.355 e. The van der Waals surface area contributed by atoms with E-state index in [9.17, 15) is 10.1 Å². The van der Waals surface area contributed by atoms with Gasteiger partial charge in [-0.25, -0.2) is 4.79 Å². The van der Waals surface area contributed by atoms with Crippen LogP contribution in [0.15, 0.2) is 65.4 Å². The van der Waals surface area contributed by atoms with Crippen molar-refractivity contribution in [3.63, 3.8) is 0 Å². The first-order valence-corrected chi connectivity index (χ1v) is 11.7. The van der Waals surface area contributed by atoms with Gasteiger partial charge in [0.2, 0.25) is 5.88 Å². The van der Waals surface area contributed by atoms with E-state index in [2.05, 4.69) is 6.07 Å². The van der Waals surface area contributed by atoms with Gasteiger partial charge in [0.15, 0.2) is 0 Å². The highest BCUT2D eigenvalue weighted by Gasteiger charge is 2.32. The fourth-order valence-corrected chi connectivity index (χ4v) is 6.04. The zero-order valence-electron chi connectivity index (χ0n) is 16.7. The molecule has 0 radical (unpaired) electrons. The smallest absolute Gasteiger partial charge is 0.355 e. The number of nitriles is 1. The van der Waals surface area contributed by atoms with Gasteiger partial charge in [0.05, 0.1) is 10.9 Å². The number of fused-ring (bicyclic) bond motifs is 2. The highest BCUT2D eigenvalue weighted by molar-refractivity contribution is 7.21. The van der Waals surface area contributed by atoms with Gasteiger partial charge >= 0.3 is 5.97 Å². The van der Waals surface area contributed by atoms with Gasteiger partial charge in [-0.2, -0.15) is 5.26 Å². The Balaban J connectivity index is 1.48. The summed E-state index contributed by atoms with van der Waals surface area (Å²) in [5, 5.41) is 12.8. The Hall–Kier alpha value is -3.31. The zero-order valence-corrected chi connectivity index (χ0v) is 19.1. The minimum Gasteiger partial charge on any atom is -0.440 e. The number of allylic oxidation sites excluding steroid dienone is 1. The number of thiophene rings is 2. The molecule has 3 heterocycles. The molecule has 5 nitrogen and oxygen atoms in total. The van der Waals surface area contributed by atoms with E-state index in [4.69, 9.17) is 26.8 Å². The summed E-state index contributed by atoms with van der Waals surface area (Å²) >= 11 is 9.28. The Kier molecular flexibility index (Phi) is 5.14. The molecule has 0 aliphatic carbocycles. The molecule has 0 bridgehead atoms. The molecule has 1 atom stereocenters. The first-order valence-electron chi connectivity index (χ1n) is 9.62. The molecule has 1 aliphatic rings. The average Bonchev–Trinajstić information content (AvgIpc) is 3.40. The maximum atomic E-state index is 12.9. The predicted molar refractivity (Wildman–Crippen MR) is 127 cm³/mol. The van der Waals surface area contributed by atoms with Crippen LogP contribution < -0.4 is 15.2 Å². The van der Waals surface area contributed by atoms with E-state index < -0.39 is 5.97 Å². The van der Waals surface area contributed by atoms with Crippen LogP contribution in [0, 0.1) is 18.3 Å². The molecule has 0 spiro atoms. The van der Waals surface area contributed by atoms with Gasteiger partial charge in [-0.15, -0.1) is 22.7 Å². The summed E-state index contributed by atoms with van der Waals surface area (Å²) in [6.07, 6.45) is 0. The zero-order chi connectivity index (χ0) is 22.4. The molecule has 5 rings (SSSR count). The lowest BCUT2D eigenvalue weighted by Crippen LogP contribution is -2.20. The quantitative estimate of drug-likeness (QED) is 0.273. The van der Waals surface area contributed by atoms with Crippen molar-refractivity contribution in [3.8, 4) is 17.6 Å². The number of rotatable bonds is 3. The van der Waals surface area contributed by atoms with Crippen LogP contribution in [-0.4, -0.2) is 5.97 Å².